The number of ether oxygens (including phenoxy) is 2. The van der Waals surface area contributed by atoms with Crippen LogP contribution in [0.25, 0.3) is 0 Å². The summed E-state index contributed by atoms with van der Waals surface area (Å²) in [6.07, 6.45) is -3.34. The second-order valence-corrected chi connectivity index (χ2v) is 7.15. The third-order valence-corrected chi connectivity index (χ3v) is 4.39. The standard InChI is InChI=1S/C13H22N4O7P2/c1-6(25)11(15-2)22-5-7-10(24-26(20)21)9(18)12(23-7)17-4-3-8(14)16-13(17)19/h3-4,7,9-10,12,15,18,26H,5,25H2,1-2H3,(H,20,21)(H2,14,16,19)/b11-6-/t7-,9-,10-,12-/m1/s1. The van der Waals surface area contributed by atoms with Crippen LogP contribution in [0.3, 0.4) is 0 Å². The van der Waals surface area contributed by atoms with Crippen molar-refractivity contribution in [3.05, 3.63) is 33.9 Å². The maximum Gasteiger partial charge on any atom is 0.351 e. The fourth-order valence-electron chi connectivity index (χ4n) is 2.51. The molecule has 0 aromatic carbocycles. The van der Waals surface area contributed by atoms with Crippen molar-refractivity contribution in [1.29, 1.82) is 0 Å². The number of aromatic nitrogens is 2. The summed E-state index contributed by atoms with van der Waals surface area (Å²) in [5.74, 6) is 0.477. The molecule has 2 unspecified atom stereocenters. The number of aliphatic hydroxyl groups is 1. The third-order valence-electron chi connectivity index (χ3n) is 3.65. The molecule has 26 heavy (non-hydrogen) atoms. The molecule has 0 aliphatic carbocycles. The quantitative estimate of drug-likeness (QED) is 0.331. The lowest BCUT2D eigenvalue weighted by molar-refractivity contribution is -0.0599. The third kappa shape index (κ3) is 4.82. The number of rotatable bonds is 7. The fourth-order valence-corrected chi connectivity index (χ4v) is 3.27. The average Bonchev–Trinajstić information content (AvgIpc) is 2.84. The zero-order valence-electron chi connectivity index (χ0n) is 14.2. The number of allylic oxidation sites excluding steroid dienone is 1. The Bertz CT molecular complexity index is 752. The molecule has 1 aromatic heterocycles. The van der Waals surface area contributed by atoms with Crippen LogP contribution >= 0.6 is 17.5 Å². The minimum atomic E-state index is -3.36. The molecule has 11 nitrogen and oxygen atoms in total. The van der Waals surface area contributed by atoms with E-state index in [1.807, 2.05) is 0 Å². The van der Waals surface area contributed by atoms with Crippen molar-refractivity contribution in [3.63, 3.8) is 0 Å². The number of anilines is 1. The second kappa shape index (κ2) is 8.94. The normalized spacial score (nSPS) is 27.7. The van der Waals surface area contributed by atoms with Crippen molar-refractivity contribution in [1.82, 2.24) is 14.9 Å². The lowest BCUT2D eigenvalue weighted by Gasteiger charge is -2.20. The average molecular weight is 408 g/mol. The summed E-state index contributed by atoms with van der Waals surface area (Å²) in [5, 5.41) is 14.1. The van der Waals surface area contributed by atoms with Crippen molar-refractivity contribution in [2.75, 3.05) is 19.4 Å². The Kier molecular flexibility index (Phi) is 7.16. The fraction of sp³-hybridized carbons (Fsp3) is 0.538. The van der Waals surface area contributed by atoms with E-state index in [9.17, 15) is 14.5 Å². The summed E-state index contributed by atoms with van der Waals surface area (Å²) in [6.45, 7) is 1.70. The Morgan fingerprint density at radius 3 is 2.85 bits per heavy atom. The van der Waals surface area contributed by atoms with Crippen molar-refractivity contribution in [2.45, 2.75) is 31.5 Å². The Balaban J connectivity index is 2.24. The Morgan fingerprint density at radius 2 is 2.31 bits per heavy atom. The molecule has 0 radical (unpaired) electrons. The van der Waals surface area contributed by atoms with Gasteiger partial charge in [0.1, 0.15) is 30.7 Å². The smallest absolute Gasteiger partial charge is 0.351 e. The molecular weight excluding hydrogens is 386 g/mol. The summed E-state index contributed by atoms with van der Waals surface area (Å²) < 4.78 is 28.3. The predicted molar refractivity (Wildman–Crippen MR) is 96.3 cm³/mol. The van der Waals surface area contributed by atoms with E-state index in [-0.39, 0.29) is 12.4 Å². The van der Waals surface area contributed by atoms with Gasteiger partial charge in [0.15, 0.2) is 12.1 Å². The molecule has 2 rings (SSSR count). The SMILES string of the molecule is CN/C(OC[C@H]1O[C@@H](n2ccc(N)nc2=O)[C@H](O)[C@@H]1O[PH](=O)O)=C(\C)P. The second-order valence-electron chi connectivity index (χ2n) is 5.52. The number of nitrogens with one attached hydrogen (secondary N) is 1. The highest BCUT2D eigenvalue weighted by molar-refractivity contribution is 7.32. The highest BCUT2D eigenvalue weighted by Crippen LogP contribution is 2.35. The van der Waals surface area contributed by atoms with Gasteiger partial charge in [-0.1, -0.05) is 0 Å². The molecule has 1 aliphatic rings. The van der Waals surface area contributed by atoms with Gasteiger partial charge in [-0.05, 0) is 13.0 Å². The van der Waals surface area contributed by atoms with Crippen molar-refractivity contribution in [3.8, 4) is 0 Å². The van der Waals surface area contributed by atoms with Crippen LogP contribution in [-0.2, 0) is 18.6 Å². The number of nitrogens with two attached hydrogens (primary N) is 1. The van der Waals surface area contributed by atoms with Gasteiger partial charge in [0, 0.05) is 18.6 Å². The monoisotopic (exact) mass is 408 g/mol. The molecule has 5 N–H and O–H groups in total. The highest BCUT2D eigenvalue weighted by Gasteiger charge is 2.47. The van der Waals surface area contributed by atoms with E-state index in [1.54, 1.807) is 14.0 Å². The minimum absolute atomic E-state index is 0.0200. The molecule has 0 saturated carbocycles. The molecule has 13 heteroatoms. The van der Waals surface area contributed by atoms with E-state index in [0.717, 1.165) is 9.88 Å². The van der Waals surface area contributed by atoms with Gasteiger partial charge in [0.2, 0.25) is 0 Å². The molecule has 0 amide bonds. The van der Waals surface area contributed by atoms with E-state index in [1.165, 1.54) is 12.3 Å². The first kappa shape index (κ1) is 20.8. The van der Waals surface area contributed by atoms with E-state index in [4.69, 9.17) is 24.6 Å². The van der Waals surface area contributed by atoms with Crippen molar-refractivity contribution >= 4 is 23.3 Å². The Hall–Kier alpha value is -1.48. The van der Waals surface area contributed by atoms with Crippen LogP contribution in [0.5, 0.6) is 0 Å². The number of hydrogen-bond donors (Lipinski definition) is 4. The van der Waals surface area contributed by atoms with Gasteiger partial charge >= 0.3 is 13.9 Å². The van der Waals surface area contributed by atoms with E-state index in [0.29, 0.717) is 5.88 Å². The van der Waals surface area contributed by atoms with Gasteiger partial charge in [-0.15, -0.1) is 9.24 Å². The van der Waals surface area contributed by atoms with Crippen LogP contribution in [0.1, 0.15) is 13.2 Å². The Labute approximate surface area is 152 Å². The summed E-state index contributed by atoms with van der Waals surface area (Å²) in [7, 11) is 0.767. The van der Waals surface area contributed by atoms with Crippen LogP contribution in [0.15, 0.2) is 28.3 Å². The van der Waals surface area contributed by atoms with Gasteiger partial charge in [-0.25, -0.2) is 4.79 Å². The molecule has 1 aliphatic heterocycles. The van der Waals surface area contributed by atoms with Crippen LogP contribution in [-0.4, -0.2) is 51.5 Å². The van der Waals surface area contributed by atoms with Crippen LogP contribution in [0, 0.1) is 0 Å². The topological polar surface area (TPSA) is 158 Å². The van der Waals surface area contributed by atoms with E-state index in [2.05, 4.69) is 19.5 Å². The maximum absolute atomic E-state index is 12.0. The first-order chi connectivity index (χ1) is 12.2. The van der Waals surface area contributed by atoms with Crippen molar-refractivity contribution in [2.24, 2.45) is 0 Å². The summed E-state index contributed by atoms with van der Waals surface area (Å²) in [4.78, 5) is 24.7. The van der Waals surface area contributed by atoms with Gasteiger partial charge < -0.3 is 35.0 Å². The zero-order valence-corrected chi connectivity index (χ0v) is 16.3. The maximum atomic E-state index is 12.0. The summed E-state index contributed by atoms with van der Waals surface area (Å²) in [5.41, 5.74) is 4.72. The lowest BCUT2D eigenvalue weighted by Crippen LogP contribution is -2.37. The molecule has 0 bridgehead atoms. The molecule has 0 spiro atoms. The number of nitrogens with zero attached hydrogens (tertiary/aromatic N) is 2. The molecule has 1 saturated heterocycles. The van der Waals surface area contributed by atoms with E-state index >= 15 is 0 Å². The highest BCUT2D eigenvalue weighted by atomic mass is 31.1. The van der Waals surface area contributed by atoms with Crippen LogP contribution in [0.2, 0.25) is 0 Å². The number of aliphatic hydroxyl groups excluding tert-OH is 1. The van der Waals surface area contributed by atoms with Gasteiger partial charge in [0.25, 0.3) is 0 Å². The predicted octanol–water partition coefficient (Wildman–Crippen LogP) is -0.849. The molecule has 1 aromatic rings. The largest absolute Gasteiger partial charge is 0.476 e. The molecule has 2 heterocycles. The van der Waals surface area contributed by atoms with Crippen LogP contribution in [0.4, 0.5) is 5.82 Å². The van der Waals surface area contributed by atoms with Gasteiger partial charge in [-0.3, -0.25) is 9.13 Å². The first-order valence-corrected chi connectivity index (χ1v) is 9.43. The summed E-state index contributed by atoms with van der Waals surface area (Å²) in [6, 6.07) is 1.37. The van der Waals surface area contributed by atoms with Crippen LogP contribution < -0.4 is 16.7 Å². The molecular formula is C13H22N4O7P2. The molecule has 146 valence electrons. The molecule has 6 atom stereocenters. The lowest BCUT2D eigenvalue weighted by atomic mass is 10.1. The minimum Gasteiger partial charge on any atom is -0.476 e. The summed E-state index contributed by atoms with van der Waals surface area (Å²) >= 11 is 0. The number of nitrogen functional groups attached to an aromatic ring is 1. The Morgan fingerprint density at radius 1 is 1.62 bits per heavy atom. The van der Waals surface area contributed by atoms with Gasteiger partial charge in [-0.2, -0.15) is 4.98 Å². The van der Waals surface area contributed by atoms with Gasteiger partial charge in [0.05, 0.1) is 0 Å². The first-order valence-electron chi connectivity index (χ1n) is 7.59. The van der Waals surface area contributed by atoms with E-state index < -0.39 is 38.5 Å². The molecule has 1 fully saturated rings. The zero-order chi connectivity index (χ0) is 19.4. The number of hydrogen-bond acceptors (Lipinski definition) is 9. The van der Waals surface area contributed by atoms with Crippen molar-refractivity contribution < 1.29 is 28.6 Å².